The van der Waals surface area contributed by atoms with Gasteiger partial charge in [-0.1, -0.05) is 18.2 Å². The number of ether oxygens (including phenoxy) is 1. The Labute approximate surface area is 282 Å². The second-order valence-electron chi connectivity index (χ2n) is 11.3. The molecule has 2 aromatic carbocycles. The van der Waals surface area contributed by atoms with Gasteiger partial charge in [0.2, 0.25) is 5.91 Å². The molecule has 2 atom stereocenters. The van der Waals surface area contributed by atoms with Crippen LogP contribution in [0, 0.1) is 12.8 Å². The van der Waals surface area contributed by atoms with Crippen LogP contribution >= 0.6 is 0 Å². The van der Waals surface area contributed by atoms with E-state index in [4.69, 9.17) is 29.7 Å². The maximum absolute atomic E-state index is 13.1. The van der Waals surface area contributed by atoms with Crippen LogP contribution in [-0.4, -0.2) is 80.2 Å². The SMILES string of the molecule is Cc1cc(COc2ccc(C(=O)NC3[C@H](CC(=O)NO)CCCN3C(C)C)cc2)c2ccccc2n1.O=C(O)C(F)(F)F.O=C(O)C(F)(F)F. The molecular formula is C32H36F6N4O8. The number of hydroxylamine groups is 1. The summed E-state index contributed by atoms with van der Waals surface area (Å²) in [6.45, 7) is 7.36. The maximum atomic E-state index is 13.1. The lowest BCUT2D eigenvalue weighted by Gasteiger charge is -2.43. The third kappa shape index (κ3) is 12.8. The van der Waals surface area contributed by atoms with Crippen LogP contribution in [0.25, 0.3) is 10.9 Å². The number of aliphatic carboxylic acids is 2. The van der Waals surface area contributed by atoms with Gasteiger partial charge in [0.25, 0.3) is 5.91 Å². The van der Waals surface area contributed by atoms with Gasteiger partial charge in [0, 0.05) is 47.1 Å². The number of piperidine rings is 1. The molecule has 3 aromatic rings. The number of carboxylic acids is 2. The number of halogens is 6. The minimum absolute atomic E-state index is 0.0847. The van der Waals surface area contributed by atoms with Crippen molar-refractivity contribution in [3.05, 3.63) is 71.4 Å². The van der Waals surface area contributed by atoms with Gasteiger partial charge in [-0.3, -0.25) is 24.7 Å². The number of pyridine rings is 1. The number of rotatable bonds is 8. The van der Waals surface area contributed by atoms with Gasteiger partial charge in [0.1, 0.15) is 12.4 Å². The number of para-hydroxylation sites is 1. The zero-order chi connectivity index (χ0) is 37.8. The van der Waals surface area contributed by atoms with Gasteiger partial charge in [-0.05, 0) is 70.0 Å². The highest BCUT2D eigenvalue weighted by Crippen LogP contribution is 2.27. The monoisotopic (exact) mass is 718 g/mol. The minimum Gasteiger partial charge on any atom is -0.489 e. The second-order valence-corrected chi connectivity index (χ2v) is 11.3. The number of benzene rings is 2. The van der Waals surface area contributed by atoms with Crippen molar-refractivity contribution in [3.63, 3.8) is 0 Å². The summed E-state index contributed by atoms with van der Waals surface area (Å²) in [6, 6.07) is 17.3. The third-order valence-corrected chi connectivity index (χ3v) is 7.24. The minimum atomic E-state index is -5.08. The van der Waals surface area contributed by atoms with Gasteiger partial charge in [-0.25, -0.2) is 15.1 Å². The normalized spacial score (nSPS) is 16.3. The molecule has 1 aliphatic heterocycles. The third-order valence-electron chi connectivity index (χ3n) is 7.24. The summed E-state index contributed by atoms with van der Waals surface area (Å²) < 4.78 is 69.5. The molecule has 12 nitrogen and oxygen atoms in total. The van der Waals surface area contributed by atoms with Crippen molar-refractivity contribution in [2.24, 2.45) is 5.92 Å². The molecule has 0 aliphatic carbocycles. The molecule has 0 bridgehead atoms. The smallest absolute Gasteiger partial charge is 0.489 e. The summed E-state index contributed by atoms with van der Waals surface area (Å²) >= 11 is 0. The van der Waals surface area contributed by atoms with Crippen LogP contribution in [0.3, 0.4) is 0 Å². The maximum Gasteiger partial charge on any atom is 0.490 e. The van der Waals surface area contributed by atoms with Gasteiger partial charge in [-0.15, -0.1) is 0 Å². The number of nitrogens with one attached hydrogen (secondary N) is 2. The summed E-state index contributed by atoms with van der Waals surface area (Å²) in [7, 11) is 0. The number of hydrogen-bond acceptors (Lipinski definition) is 8. The van der Waals surface area contributed by atoms with Crippen molar-refractivity contribution in [3.8, 4) is 5.75 Å². The molecule has 50 heavy (non-hydrogen) atoms. The van der Waals surface area contributed by atoms with E-state index in [-0.39, 0.29) is 30.5 Å². The van der Waals surface area contributed by atoms with Crippen LogP contribution in [0.15, 0.2) is 54.6 Å². The Morgan fingerprint density at radius 3 is 2.04 bits per heavy atom. The molecule has 2 heterocycles. The van der Waals surface area contributed by atoms with E-state index in [1.54, 1.807) is 29.7 Å². The average Bonchev–Trinajstić information content (AvgIpc) is 3.04. The van der Waals surface area contributed by atoms with E-state index in [9.17, 15) is 35.9 Å². The summed E-state index contributed by atoms with van der Waals surface area (Å²) in [6.07, 6.45) is -8.56. The Hall–Kier alpha value is -4.97. The lowest BCUT2D eigenvalue weighted by atomic mass is 9.89. The molecule has 1 aromatic heterocycles. The highest BCUT2D eigenvalue weighted by molar-refractivity contribution is 5.94. The van der Waals surface area contributed by atoms with Gasteiger partial charge >= 0.3 is 24.3 Å². The predicted octanol–water partition coefficient (Wildman–Crippen LogP) is 5.46. The topological polar surface area (TPSA) is 178 Å². The second kappa shape index (κ2) is 18.1. The fourth-order valence-corrected chi connectivity index (χ4v) is 4.98. The first kappa shape index (κ1) is 41.2. The zero-order valence-corrected chi connectivity index (χ0v) is 27.0. The van der Waals surface area contributed by atoms with E-state index in [0.29, 0.717) is 17.9 Å². The predicted molar refractivity (Wildman–Crippen MR) is 165 cm³/mol. The van der Waals surface area contributed by atoms with E-state index >= 15 is 0 Å². The number of hydrogen-bond donors (Lipinski definition) is 5. The Morgan fingerprint density at radius 2 is 1.52 bits per heavy atom. The van der Waals surface area contributed by atoms with Crippen molar-refractivity contribution < 1.29 is 65.7 Å². The van der Waals surface area contributed by atoms with E-state index < -0.39 is 30.2 Å². The molecule has 1 saturated heterocycles. The number of amides is 2. The van der Waals surface area contributed by atoms with Crippen LogP contribution in [0.2, 0.25) is 0 Å². The number of nitrogens with zero attached hydrogens (tertiary/aromatic N) is 2. The fourth-order valence-electron chi connectivity index (χ4n) is 4.98. The number of aryl methyl sites for hydroxylation is 1. The van der Waals surface area contributed by atoms with Crippen LogP contribution in [0.4, 0.5) is 26.3 Å². The van der Waals surface area contributed by atoms with Gasteiger partial charge in [-0.2, -0.15) is 26.3 Å². The average molecular weight is 719 g/mol. The summed E-state index contributed by atoms with van der Waals surface area (Å²) in [4.78, 5) is 49.5. The van der Waals surface area contributed by atoms with E-state index in [1.165, 1.54) is 0 Å². The molecule has 4 rings (SSSR count). The quantitative estimate of drug-likeness (QED) is 0.114. The Balaban J connectivity index is 0.000000521. The molecular weight excluding hydrogens is 682 g/mol. The van der Waals surface area contributed by atoms with Gasteiger partial charge in [0.05, 0.1) is 11.7 Å². The molecule has 0 spiro atoms. The van der Waals surface area contributed by atoms with Crippen LogP contribution in [0.1, 0.15) is 54.7 Å². The molecule has 0 saturated carbocycles. The first-order valence-electron chi connectivity index (χ1n) is 14.9. The first-order chi connectivity index (χ1) is 23.2. The van der Waals surface area contributed by atoms with E-state index in [1.807, 2.05) is 37.3 Å². The standard InChI is InChI=1S/C28H34N4O4.2C2HF3O2/c1-18(2)32-14-6-7-21(16-26(33)31-35)27(32)30-28(34)20-10-12-23(13-11-20)36-17-22-15-19(3)29-25-9-5-4-8-24(22)25;2*3-2(4,5)1(6)7/h4-5,8-13,15,18,21,27,35H,6-7,14,16-17H2,1-3H3,(H,30,34)(H,31,33);2*(H,6,7)/t21-,27?;;/m0../s1. The largest absolute Gasteiger partial charge is 0.490 e. The van der Waals surface area contributed by atoms with Gasteiger partial charge in [0.15, 0.2) is 0 Å². The molecule has 1 aliphatic rings. The molecule has 5 N–H and O–H groups in total. The van der Waals surface area contributed by atoms with Crippen LogP contribution < -0.4 is 15.5 Å². The van der Waals surface area contributed by atoms with E-state index in [2.05, 4.69) is 29.0 Å². The first-order valence-corrected chi connectivity index (χ1v) is 14.9. The van der Waals surface area contributed by atoms with Crippen LogP contribution in [0.5, 0.6) is 5.75 Å². The number of carboxylic acid groups (broad SMARTS) is 2. The number of fused-ring (bicyclic) bond motifs is 1. The number of carbonyl (C=O) groups excluding carboxylic acids is 2. The van der Waals surface area contributed by atoms with Crippen LogP contribution in [-0.2, 0) is 21.0 Å². The van der Waals surface area contributed by atoms with Crippen molar-refractivity contribution in [1.82, 2.24) is 20.7 Å². The fraction of sp³-hybridized carbons (Fsp3) is 0.406. The number of carbonyl (C=O) groups is 4. The molecule has 274 valence electrons. The highest BCUT2D eigenvalue weighted by atomic mass is 19.4. The summed E-state index contributed by atoms with van der Waals surface area (Å²) in [5.74, 6) is -5.57. The van der Waals surface area contributed by atoms with Crippen molar-refractivity contribution in [2.45, 2.75) is 71.2 Å². The van der Waals surface area contributed by atoms with Crippen molar-refractivity contribution in [2.75, 3.05) is 6.54 Å². The number of alkyl halides is 6. The van der Waals surface area contributed by atoms with Crippen molar-refractivity contribution >= 4 is 34.7 Å². The number of aromatic nitrogens is 1. The molecule has 0 radical (unpaired) electrons. The molecule has 18 heteroatoms. The number of likely N-dealkylation sites (tertiary alicyclic amines) is 1. The zero-order valence-electron chi connectivity index (χ0n) is 27.0. The Kier molecular flexibility index (Phi) is 15.0. The van der Waals surface area contributed by atoms with E-state index in [0.717, 1.165) is 41.5 Å². The highest BCUT2D eigenvalue weighted by Gasteiger charge is 2.39. The molecule has 2 amide bonds. The lowest BCUT2D eigenvalue weighted by molar-refractivity contribution is -0.193. The van der Waals surface area contributed by atoms with Gasteiger partial charge < -0.3 is 20.3 Å². The molecule has 1 unspecified atom stereocenters. The summed E-state index contributed by atoms with van der Waals surface area (Å²) in [5.41, 5.74) is 5.17. The Bertz CT molecular complexity index is 1590. The molecule has 1 fully saturated rings. The Morgan fingerprint density at radius 1 is 0.960 bits per heavy atom. The lowest BCUT2D eigenvalue weighted by Crippen LogP contribution is -2.58. The van der Waals surface area contributed by atoms with Crippen molar-refractivity contribution in [1.29, 1.82) is 0 Å². The summed E-state index contributed by atoms with van der Waals surface area (Å²) in [5, 5.41) is 27.4.